The molecular formula is C26H35N5O3. The first kappa shape index (κ1) is 24.0. The van der Waals surface area contributed by atoms with Crippen LogP contribution >= 0.6 is 0 Å². The second-order valence-electron chi connectivity index (χ2n) is 9.37. The maximum atomic E-state index is 13.5. The van der Waals surface area contributed by atoms with Gasteiger partial charge < -0.3 is 15.1 Å². The number of aryl methyl sites for hydroxylation is 1. The topological polar surface area (TPSA) is 87.5 Å². The standard InChI is InChI=1S/C26H35N5O3/c1-4-18(5-2)25(33)31-15-13-22-21(17-31)23(28-29(22)3)26(34)30-14-9-10-19(16-30)24(32)27-20-11-7-6-8-12-20/h6-8,11-12,18-19H,4-5,9-10,13-17H2,1-3H3,(H,27,32). The molecule has 2 aromatic rings. The third-order valence-corrected chi connectivity index (χ3v) is 7.21. The zero-order valence-electron chi connectivity index (χ0n) is 20.4. The lowest BCUT2D eigenvalue weighted by atomic mass is 9.95. The fourth-order valence-electron chi connectivity index (χ4n) is 5.14. The zero-order valence-corrected chi connectivity index (χ0v) is 20.4. The number of benzene rings is 1. The van der Waals surface area contributed by atoms with Crippen LogP contribution in [0.4, 0.5) is 5.69 Å². The summed E-state index contributed by atoms with van der Waals surface area (Å²) in [5, 5.41) is 7.53. The van der Waals surface area contributed by atoms with E-state index < -0.39 is 0 Å². The summed E-state index contributed by atoms with van der Waals surface area (Å²) in [7, 11) is 1.86. The number of aromatic nitrogens is 2. The van der Waals surface area contributed by atoms with Gasteiger partial charge in [-0.05, 0) is 37.8 Å². The van der Waals surface area contributed by atoms with Crippen LogP contribution < -0.4 is 5.32 Å². The van der Waals surface area contributed by atoms with Crippen molar-refractivity contribution in [2.75, 3.05) is 25.0 Å². The van der Waals surface area contributed by atoms with E-state index >= 15 is 0 Å². The van der Waals surface area contributed by atoms with Crippen LogP contribution in [0.3, 0.4) is 0 Å². The van der Waals surface area contributed by atoms with Crippen LogP contribution in [0, 0.1) is 11.8 Å². The van der Waals surface area contributed by atoms with Crippen molar-refractivity contribution in [3.8, 4) is 0 Å². The van der Waals surface area contributed by atoms with Crippen LogP contribution in [0.25, 0.3) is 0 Å². The number of amides is 3. The smallest absolute Gasteiger partial charge is 0.274 e. The van der Waals surface area contributed by atoms with E-state index in [1.807, 2.05) is 56.1 Å². The quantitative estimate of drug-likeness (QED) is 0.710. The third kappa shape index (κ3) is 4.86. The van der Waals surface area contributed by atoms with Gasteiger partial charge in [-0.15, -0.1) is 0 Å². The highest BCUT2D eigenvalue weighted by molar-refractivity contribution is 5.96. The fraction of sp³-hybridized carbons (Fsp3) is 0.538. The Balaban J connectivity index is 1.48. The average molecular weight is 466 g/mol. The molecule has 1 fully saturated rings. The number of rotatable bonds is 6. The average Bonchev–Trinajstić information content (AvgIpc) is 3.20. The number of fused-ring (bicyclic) bond motifs is 1. The molecule has 0 bridgehead atoms. The number of nitrogens with one attached hydrogen (secondary N) is 1. The van der Waals surface area contributed by atoms with Gasteiger partial charge in [0.25, 0.3) is 5.91 Å². The van der Waals surface area contributed by atoms with Gasteiger partial charge in [-0.1, -0.05) is 32.0 Å². The Bertz CT molecular complexity index is 1040. The molecule has 2 aliphatic heterocycles. The second kappa shape index (κ2) is 10.4. The molecule has 0 saturated carbocycles. The van der Waals surface area contributed by atoms with Crippen LogP contribution in [0.15, 0.2) is 30.3 Å². The fourth-order valence-corrected chi connectivity index (χ4v) is 5.14. The van der Waals surface area contributed by atoms with Crippen LogP contribution in [0.2, 0.25) is 0 Å². The molecule has 1 unspecified atom stereocenters. The van der Waals surface area contributed by atoms with Crippen LogP contribution in [0.5, 0.6) is 0 Å². The Morgan fingerprint density at radius 2 is 1.82 bits per heavy atom. The first-order valence-corrected chi connectivity index (χ1v) is 12.4. The van der Waals surface area contributed by atoms with Crippen LogP contribution in [-0.4, -0.2) is 56.9 Å². The van der Waals surface area contributed by atoms with Gasteiger partial charge in [-0.25, -0.2) is 0 Å². The zero-order chi connectivity index (χ0) is 24.2. The Labute approximate surface area is 201 Å². The minimum Gasteiger partial charge on any atom is -0.338 e. The monoisotopic (exact) mass is 465 g/mol. The van der Waals surface area contributed by atoms with Crippen molar-refractivity contribution in [1.82, 2.24) is 19.6 Å². The minimum atomic E-state index is -0.259. The Hall–Kier alpha value is -3.16. The molecule has 1 saturated heterocycles. The summed E-state index contributed by atoms with van der Waals surface area (Å²) in [6.45, 7) is 6.14. The molecule has 2 aliphatic rings. The number of hydrogen-bond donors (Lipinski definition) is 1. The number of piperidine rings is 1. The van der Waals surface area contributed by atoms with Crippen molar-refractivity contribution in [2.24, 2.45) is 18.9 Å². The highest BCUT2D eigenvalue weighted by atomic mass is 16.2. The van der Waals surface area contributed by atoms with Gasteiger partial charge in [0.1, 0.15) is 0 Å². The first-order chi connectivity index (χ1) is 16.4. The second-order valence-corrected chi connectivity index (χ2v) is 9.37. The van der Waals surface area contributed by atoms with Crippen molar-refractivity contribution in [2.45, 2.75) is 52.5 Å². The van der Waals surface area contributed by atoms with Gasteiger partial charge in [0.05, 0.1) is 5.92 Å². The molecule has 182 valence electrons. The van der Waals surface area contributed by atoms with E-state index in [1.165, 1.54) is 0 Å². The van der Waals surface area contributed by atoms with Crippen molar-refractivity contribution in [3.05, 3.63) is 47.3 Å². The van der Waals surface area contributed by atoms with Crippen molar-refractivity contribution in [3.63, 3.8) is 0 Å². The summed E-state index contributed by atoms with van der Waals surface area (Å²) in [5.74, 6) is -0.290. The largest absolute Gasteiger partial charge is 0.338 e. The SMILES string of the molecule is CCC(CC)C(=O)N1CCc2c(c(C(=O)N3CCCC(C(=O)Nc4ccccc4)C3)nn2C)C1. The van der Waals surface area contributed by atoms with Crippen molar-refractivity contribution < 1.29 is 14.4 Å². The molecule has 0 aliphatic carbocycles. The highest BCUT2D eigenvalue weighted by Crippen LogP contribution is 2.27. The highest BCUT2D eigenvalue weighted by Gasteiger charge is 2.35. The van der Waals surface area contributed by atoms with Crippen molar-refractivity contribution in [1.29, 1.82) is 0 Å². The molecule has 1 aromatic heterocycles. The number of likely N-dealkylation sites (tertiary alicyclic amines) is 1. The maximum Gasteiger partial charge on any atom is 0.274 e. The van der Waals surface area contributed by atoms with Gasteiger partial charge in [-0.3, -0.25) is 19.1 Å². The summed E-state index contributed by atoms with van der Waals surface area (Å²) in [4.78, 5) is 43.0. The molecule has 0 radical (unpaired) electrons. The molecule has 8 heteroatoms. The number of carbonyl (C=O) groups is 3. The normalized spacial score (nSPS) is 18.1. The summed E-state index contributed by atoms with van der Waals surface area (Å²) >= 11 is 0. The van der Waals surface area contributed by atoms with Crippen LogP contribution in [0.1, 0.15) is 61.3 Å². The van der Waals surface area contributed by atoms with E-state index in [2.05, 4.69) is 10.4 Å². The molecular weight excluding hydrogens is 430 g/mol. The lowest BCUT2D eigenvalue weighted by Crippen LogP contribution is -2.44. The number of nitrogens with zero attached hydrogens (tertiary/aromatic N) is 4. The molecule has 3 heterocycles. The molecule has 3 amide bonds. The Morgan fingerprint density at radius 1 is 1.09 bits per heavy atom. The molecule has 34 heavy (non-hydrogen) atoms. The maximum absolute atomic E-state index is 13.5. The van der Waals surface area contributed by atoms with Gasteiger partial charge in [-0.2, -0.15) is 5.10 Å². The van der Waals surface area contributed by atoms with Gasteiger partial charge in [0.2, 0.25) is 11.8 Å². The van der Waals surface area contributed by atoms with E-state index in [1.54, 1.807) is 9.58 Å². The van der Waals surface area contributed by atoms with Gasteiger partial charge >= 0.3 is 0 Å². The Morgan fingerprint density at radius 3 is 2.53 bits per heavy atom. The number of para-hydroxylation sites is 1. The lowest BCUT2D eigenvalue weighted by Gasteiger charge is -2.33. The number of anilines is 1. The molecule has 1 atom stereocenters. The molecule has 4 rings (SSSR count). The van der Waals surface area contributed by atoms with Gasteiger partial charge in [0.15, 0.2) is 5.69 Å². The number of hydrogen-bond acceptors (Lipinski definition) is 4. The van der Waals surface area contributed by atoms with Crippen molar-refractivity contribution >= 4 is 23.4 Å². The van der Waals surface area contributed by atoms with Gasteiger partial charge in [0, 0.05) is 62.5 Å². The summed E-state index contributed by atoms with van der Waals surface area (Å²) < 4.78 is 1.78. The Kier molecular flexibility index (Phi) is 7.34. The van der Waals surface area contributed by atoms with Crippen LogP contribution in [-0.2, 0) is 29.6 Å². The summed E-state index contributed by atoms with van der Waals surface area (Å²) in [6, 6.07) is 9.39. The predicted molar refractivity (Wildman–Crippen MR) is 130 cm³/mol. The molecule has 0 spiro atoms. The molecule has 1 N–H and O–H groups in total. The van der Waals surface area contributed by atoms with E-state index in [0.717, 1.165) is 42.6 Å². The minimum absolute atomic E-state index is 0.0170. The van der Waals surface area contributed by atoms with E-state index in [0.29, 0.717) is 38.3 Å². The summed E-state index contributed by atoms with van der Waals surface area (Å²) in [6.07, 6.45) is 3.85. The molecule has 8 nitrogen and oxygen atoms in total. The van der Waals surface area contributed by atoms with E-state index in [9.17, 15) is 14.4 Å². The lowest BCUT2D eigenvalue weighted by molar-refractivity contribution is -0.136. The summed E-state index contributed by atoms with van der Waals surface area (Å²) in [5.41, 5.74) is 3.06. The number of carbonyl (C=O) groups excluding carboxylic acids is 3. The molecule has 1 aromatic carbocycles. The van der Waals surface area contributed by atoms with E-state index in [-0.39, 0.29) is 29.6 Å². The van der Waals surface area contributed by atoms with E-state index in [4.69, 9.17) is 0 Å². The third-order valence-electron chi connectivity index (χ3n) is 7.21. The predicted octanol–water partition coefficient (Wildman–Crippen LogP) is 3.23. The first-order valence-electron chi connectivity index (χ1n) is 12.4.